The highest BCUT2D eigenvalue weighted by Gasteiger charge is 2.11. The number of amides is 1. The lowest BCUT2D eigenvalue weighted by Crippen LogP contribution is -2.13. The summed E-state index contributed by atoms with van der Waals surface area (Å²) in [6.07, 6.45) is 2.74. The molecule has 0 bridgehead atoms. The van der Waals surface area contributed by atoms with Gasteiger partial charge >= 0.3 is 0 Å². The SMILES string of the molecule is CCCSc1cccc2cccc(NC(=O)c3ccccn3)c12. The van der Waals surface area contributed by atoms with E-state index in [0.29, 0.717) is 5.69 Å². The van der Waals surface area contributed by atoms with Crippen LogP contribution in [-0.2, 0) is 0 Å². The van der Waals surface area contributed by atoms with Crippen molar-refractivity contribution in [3.05, 3.63) is 66.5 Å². The van der Waals surface area contributed by atoms with Gasteiger partial charge in [-0.3, -0.25) is 9.78 Å². The number of carbonyl (C=O) groups is 1. The minimum absolute atomic E-state index is 0.187. The van der Waals surface area contributed by atoms with Gasteiger partial charge < -0.3 is 5.32 Å². The molecule has 116 valence electrons. The van der Waals surface area contributed by atoms with Crippen molar-refractivity contribution in [1.82, 2.24) is 4.98 Å². The van der Waals surface area contributed by atoms with Gasteiger partial charge in [0.25, 0.3) is 5.91 Å². The fourth-order valence-electron chi connectivity index (χ4n) is 2.43. The van der Waals surface area contributed by atoms with E-state index < -0.39 is 0 Å². The van der Waals surface area contributed by atoms with Gasteiger partial charge in [0.05, 0.1) is 5.69 Å². The first-order chi connectivity index (χ1) is 11.3. The number of pyridine rings is 1. The van der Waals surface area contributed by atoms with Crippen molar-refractivity contribution in [2.24, 2.45) is 0 Å². The predicted molar refractivity (Wildman–Crippen MR) is 97.2 cm³/mol. The van der Waals surface area contributed by atoms with Gasteiger partial charge in [0, 0.05) is 16.5 Å². The van der Waals surface area contributed by atoms with Gasteiger partial charge in [-0.2, -0.15) is 0 Å². The average Bonchev–Trinajstić information content (AvgIpc) is 2.60. The molecule has 0 fully saturated rings. The summed E-state index contributed by atoms with van der Waals surface area (Å²) in [6.45, 7) is 2.17. The molecule has 1 N–H and O–H groups in total. The van der Waals surface area contributed by atoms with Crippen LogP contribution in [0, 0.1) is 0 Å². The van der Waals surface area contributed by atoms with Crippen molar-refractivity contribution in [2.75, 3.05) is 11.1 Å². The quantitative estimate of drug-likeness (QED) is 0.673. The zero-order valence-corrected chi connectivity index (χ0v) is 13.8. The summed E-state index contributed by atoms with van der Waals surface area (Å²) in [6, 6.07) is 17.5. The van der Waals surface area contributed by atoms with E-state index in [0.717, 1.165) is 28.6 Å². The summed E-state index contributed by atoms with van der Waals surface area (Å²) in [4.78, 5) is 17.7. The van der Waals surface area contributed by atoms with Gasteiger partial charge in [-0.15, -0.1) is 11.8 Å². The molecule has 0 atom stereocenters. The summed E-state index contributed by atoms with van der Waals surface area (Å²) < 4.78 is 0. The average molecular weight is 322 g/mol. The third kappa shape index (κ3) is 3.54. The Labute approximate surface area is 140 Å². The standard InChI is InChI=1S/C19H18N2OS/c1-2-13-23-17-11-6-8-14-7-5-10-15(18(14)17)21-19(22)16-9-3-4-12-20-16/h3-12H,2,13H2,1H3,(H,21,22). The third-order valence-electron chi connectivity index (χ3n) is 3.47. The van der Waals surface area contributed by atoms with Crippen LogP contribution < -0.4 is 5.32 Å². The molecular formula is C19H18N2OS. The van der Waals surface area contributed by atoms with Crippen molar-refractivity contribution >= 4 is 34.1 Å². The van der Waals surface area contributed by atoms with Gasteiger partial charge in [-0.05, 0) is 41.8 Å². The molecule has 0 aliphatic carbocycles. The van der Waals surface area contributed by atoms with Crippen LogP contribution in [0.3, 0.4) is 0 Å². The van der Waals surface area contributed by atoms with Gasteiger partial charge in [-0.25, -0.2) is 0 Å². The van der Waals surface area contributed by atoms with Crippen LogP contribution in [0.5, 0.6) is 0 Å². The molecular weight excluding hydrogens is 304 g/mol. The van der Waals surface area contributed by atoms with Crippen LogP contribution in [-0.4, -0.2) is 16.6 Å². The first-order valence-corrected chi connectivity index (χ1v) is 8.65. The zero-order chi connectivity index (χ0) is 16.1. The smallest absolute Gasteiger partial charge is 0.274 e. The molecule has 0 spiro atoms. The maximum absolute atomic E-state index is 12.4. The van der Waals surface area contributed by atoms with Gasteiger partial charge in [0.15, 0.2) is 0 Å². The summed E-state index contributed by atoms with van der Waals surface area (Å²) in [5.41, 5.74) is 1.25. The highest BCUT2D eigenvalue weighted by atomic mass is 32.2. The number of rotatable bonds is 5. The fraction of sp³-hybridized carbons (Fsp3) is 0.158. The number of carbonyl (C=O) groups excluding carboxylic acids is 1. The molecule has 1 aromatic heterocycles. The minimum Gasteiger partial charge on any atom is -0.320 e. The number of hydrogen-bond donors (Lipinski definition) is 1. The number of fused-ring (bicyclic) bond motifs is 1. The number of thioether (sulfide) groups is 1. The lowest BCUT2D eigenvalue weighted by Gasteiger charge is -2.12. The molecule has 2 aromatic carbocycles. The topological polar surface area (TPSA) is 42.0 Å². The van der Waals surface area contributed by atoms with Crippen LogP contribution >= 0.6 is 11.8 Å². The van der Waals surface area contributed by atoms with E-state index in [9.17, 15) is 4.79 Å². The van der Waals surface area contributed by atoms with E-state index in [4.69, 9.17) is 0 Å². The Morgan fingerprint density at radius 2 is 1.91 bits per heavy atom. The van der Waals surface area contributed by atoms with Crippen LogP contribution in [0.25, 0.3) is 10.8 Å². The van der Waals surface area contributed by atoms with E-state index in [-0.39, 0.29) is 5.91 Å². The molecule has 0 saturated carbocycles. The maximum atomic E-state index is 12.4. The molecule has 0 aliphatic rings. The molecule has 0 saturated heterocycles. The summed E-state index contributed by atoms with van der Waals surface area (Å²) >= 11 is 1.82. The highest BCUT2D eigenvalue weighted by molar-refractivity contribution is 7.99. The van der Waals surface area contributed by atoms with Crippen molar-refractivity contribution in [1.29, 1.82) is 0 Å². The summed E-state index contributed by atoms with van der Waals surface area (Å²) in [5, 5.41) is 5.23. The van der Waals surface area contributed by atoms with Crippen LogP contribution in [0.4, 0.5) is 5.69 Å². The van der Waals surface area contributed by atoms with Crippen molar-refractivity contribution in [3.8, 4) is 0 Å². The number of nitrogens with zero attached hydrogens (tertiary/aromatic N) is 1. The number of nitrogens with one attached hydrogen (secondary N) is 1. The Morgan fingerprint density at radius 1 is 1.09 bits per heavy atom. The highest BCUT2D eigenvalue weighted by Crippen LogP contribution is 2.33. The zero-order valence-electron chi connectivity index (χ0n) is 13.0. The molecule has 0 radical (unpaired) electrons. The Hall–Kier alpha value is -2.33. The third-order valence-corrected chi connectivity index (χ3v) is 4.74. The summed E-state index contributed by atoms with van der Waals surface area (Å²) in [7, 11) is 0. The molecule has 4 heteroatoms. The van der Waals surface area contributed by atoms with Gasteiger partial charge in [0.2, 0.25) is 0 Å². The molecule has 1 heterocycles. The maximum Gasteiger partial charge on any atom is 0.274 e. The van der Waals surface area contributed by atoms with Crippen molar-refractivity contribution < 1.29 is 4.79 Å². The number of aromatic nitrogens is 1. The Kier molecular flexibility index (Phi) is 4.93. The van der Waals surface area contributed by atoms with Crippen molar-refractivity contribution in [2.45, 2.75) is 18.2 Å². The summed E-state index contributed by atoms with van der Waals surface area (Å²) in [5.74, 6) is 0.871. The van der Waals surface area contributed by atoms with E-state index in [1.54, 1.807) is 18.3 Å². The molecule has 0 aliphatic heterocycles. The first-order valence-electron chi connectivity index (χ1n) is 7.66. The molecule has 3 rings (SSSR count). The fourth-order valence-corrected chi connectivity index (χ4v) is 3.40. The molecule has 1 amide bonds. The predicted octanol–water partition coefficient (Wildman–Crippen LogP) is 4.99. The lowest BCUT2D eigenvalue weighted by atomic mass is 10.1. The van der Waals surface area contributed by atoms with Crippen LogP contribution in [0.15, 0.2) is 65.7 Å². The monoisotopic (exact) mass is 322 g/mol. The molecule has 23 heavy (non-hydrogen) atoms. The van der Waals surface area contributed by atoms with E-state index in [1.165, 1.54) is 4.90 Å². The van der Waals surface area contributed by atoms with E-state index in [2.05, 4.69) is 41.5 Å². The second-order valence-electron chi connectivity index (χ2n) is 5.18. The Bertz CT molecular complexity index is 813. The second kappa shape index (κ2) is 7.29. The van der Waals surface area contributed by atoms with Crippen LogP contribution in [0.1, 0.15) is 23.8 Å². The Morgan fingerprint density at radius 3 is 2.65 bits per heavy atom. The first kappa shape index (κ1) is 15.6. The number of hydrogen-bond acceptors (Lipinski definition) is 3. The number of anilines is 1. The van der Waals surface area contributed by atoms with Gasteiger partial charge in [-0.1, -0.05) is 37.3 Å². The second-order valence-corrected chi connectivity index (χ2v) is 6.31. The Balaban J connectivity index is 1.98. The molecule has 3 aromatic rings. The van der Waals surface area contributed by atoms with E-state index >= 15 is 0 Å². The van der Waals surface area contributed by atoms with Crippen LogP contribution in [0.2, 0.25) is 0 Å². The lowest BCUT2D eigenvalue weighted by molar-refractivity contribution is 0.102. The molecule has 0 unspecified atom stereocenters. The normalized spacial score (nSPS) is 10.7. The minimum atomic E-state index is -0.187. The largest absolute Gasteiger partial charge is 0.320 e. The van der Waals surface area contributed by atoms with Gasteiger partial charge in [0.1, 0.15) is 5.69 Å². The van der Waals surface area contributed by atoms with E-state index in [1.807, 2.05) is 30.0 Å². The number of benzene rings is 2. The molecule has 3 nitrogen and oxygen atoms in total. The van der Waals surface area contributed by atoms with Crippen molar-refractivity contribution in [3.63, 3.8) is 0 Å².